The molecule has 2 heterocycles. The summed E-state index contributed by atoms with van der Waals surface area (Å²) in [5.74, 6) is 2.63. The zero-order chi connectivity index (χ0) is 27.7. The van der Waals surface area contributed by atoms with E-state index in [4.69, 9.17) is 14.2 Å². The summed E-state index contributed by atoms with van der Waals surface area (Å²) in [6.07, 6.45) is 1.69. The van der Waals surface area contributed by atoms with Crippen molar-refractivity contribution >= 4 is 52.3 Å². The number of ether oxygens (including phenoxy) is 3. The zero-order valence-corrected chi connectivity index (χ0v) is 24.5. The molecule has 1 saturated heterocycles. The average molecular weight is 652 g/mol. The summed E-state index contributed by atoms with van der Waals surface area (Å²) in [5.41, 5.74) is 6.97. The van der Waals surface area contributed by atoms with Crippen LogP contribution in [0.4, 0.5) is 23.5 Å². The van der Waals surface area contributed by atoms with Gasteiger partial charge in [-0.3, -0.25) is 0 Å². The third-order valence-corrected chi connectivity index (χ3v) is 6.88. The number of nitrogens with one attached hydrogen (secondary N) is 2. The van der Waals surface area contributed by atoms with Crippen LogP contribution < -0.4 is 25.1 Å². The first kappa shape index (κ1) is 27.6. The number of rotatable bonds is 10. The Kier molecular flexibility index (Phi) is 9.24. The Labute approximate surface area is 247 Å². The van der Waals surface area contributed by atoms with Crippen molar-refractivity contribution in [3.05, 3.63) is 87.0 Å². The van der Waals surface area contributed by atoms with E-state index in [1.165, 1.54) is 5.56 Å². The lowest BCUT2D eigenvalue weighted by Crippen LogP contribution is -2.37. The fourth-order valence-corrected chi connectivity index (χ4v) is 4.77. The van der Waals surface area contributed by atoms with Gasteiger partial charge in [0.2, 0.25) is 17.8 Å². The van der Waals surface area contributed by atoms with Gasteiger partial charge in [-0.2, -0.15) is 20.1 Å². The van der Waals surface area contributed by atoms with Crippen molar-refractivity contribution in [2.75, 3.05) is 49.1 Å². The zero-order valence-electron chi connectivity index (χ0n) is 22.3. The van der Waals surface area contributed by atoms with E-state index < -0.39 is 0 Å². The molecule has 4 aromatic rings. The lowest BCUT2D eigenvalue weighted by atomic mass is 10.2. The fraction of sp³-hybridized carbons (Fsp3) is 0.241. The Morgan fingerprint density at radius 1 is 1.00 bits per heavy atom. The lowest BCUT2D eigenvalue weighted by Gasteiger charge is -2.27. The van der Waals surface area contributed by atoms with Gasteiger partial charge in [0.25, 0.3) is 0 Å². The topological polar surface area (TPSA) is 106 Å². The van der Waals surface area contributed by atoms with E-state index in [2.05, 4.69) is 89.5 Å². The van der Waals surface area contributed by atoms with Gasteiger partial charge in [0, 0.05) is 18.8 Å². The van der Waals surface area contributed by atoms with Crippen molar-refractivity contribution in [3.8, 4) is 11.5 Å². The maximum Gasteiger partial charge on any atom is 0.250 e. The number of methoxy groups -OCH3 is 1. The van der Waals surface area contributed by atoms with Crippen molar-refractivity contribution in [3.63, 3.8) is 0 Å². The van der Waals surface area contributed by atoms with Crippen LogP contribution in [0.3, 0.4) is 0 Å². The highest BCUT2D eigenvalue weighted by atomic mass is 127. The monoisotopic (exact) mass is 651 g/mol. The van der Waals surface area contributed by atoms with E-state index in [9.17, 15) is 0 Å². The van der Waals surface area contributed by atoms with E-state index in [0.717, 1.165) is 20.4 Å². The predicted molar refractivity (Wildman–Crippen MR) is 165 cm³/mol. The minimum Gasteiger partial charge on any atom is -0.493 e. The van der Waals surface area contributed by atoms with Crippen molar-refractivity contribution in [1.82, 2.24) is 15.0 Å². The normalized spacial score (nSPS) is 13.3. The average Bonchev–Trinajstić information content (AvgIpc) is 2.98. The molecule has 0 radical (unpaired) electrons. The Bertz CT molecular complexity index is 1450. The molecule has 0 saturated carbocycles. The fourth-order valence-electron chi connectivity index (χ4n) is 3.98. The number of hydrogen-bond donors (Lipinski definition) is 2. The number of nitrogens with zero attached hydrogens (tertiary/aromatic N) is 5. The second-order valence-corrected chi connectivity index (χ2v) is 10.2. The maximum atomic E-state index is 6.11. The molecule has 0 amide bonds. The summed E-state index contributed by atoms with van der Waals surface area (Å²) in [7, 11) is 1.63. The first-order valence-electron chi connectivity index (χ1n) is 12.8. The van der Waals surface area contributed by atoms with Gasteiger partial charge in [0.1, 0.15) is 6.61 Å². The quantitative estimate of drug-likeness (QED) is 0.133. The number of hydrogen-bond acceptors (Lipinski definition) is 10. The largest absolute Gasteiger partial charge is 0.493 e. The highest BCUT2D eigenvalue weighted by Crippen LogP contribution is 2.34. The van der Waals surface area contributed by atoms with Gasteiger partial charge >= 0.3 is 0 Å². The third-order valence-electron chi connectivity index (χ3n) is 6.08. The van der Waals surface area contributed by atoms with Crippen LogP contribution in [0.25, 0.3) is 0 Å². The van der Waals surface area contributed by atoms with Gasteiger partial charge in [-0.15, -0.1) is 0 Å². The van der Waals surface area contributed by atoms with E-state index >= 15 is 0 Å². The molecule has 1 aromatic heterocycles. The molecule has 1 fully saturated rings. The lowest BCUT2D eigenvalue weighted by molar-refractivity contribution is 0.122. The summed E-state index contributed by atoms with van der Waals surface area (Å²) >= 11 is 2.25. The van der Waals surface area contributed by atoms with Crippen LogP contribution in [-0.4, -0.2) is 54.6 Å². The molecule has 40 heavy (non-hydrogen) atoms. The van der Waals surface area contributed by atoms with E-state index in [1.807, 2.05) is 42.5 Å². The standard InChI is InChI=1S/C29H30IN7O3/c1-20-8-10-21(11-9-20)19-40-26-24(30)16-22(17-25(26)38-2)18-31-36-28-33-27(32-23-6-4-3-5-7-23)34-29(35-28)37-12-14-39-15-13-37/h3-11,16-18H,12-15,19H2,1-2H3,(H2,32,33,34,35,36)/b31-18+. The SMILES string of the molecule is COc1cc(/C=N/Nc2nc(Nc3ccccc3)nc(N3CCOCC3)n2)cc(I)c1OCc1ccc(C)cc1. The molecular formula is C29H30IN7O3. The van der Waals surface area contributed by atoms with Crippen LogP contribution in [0.5, 0.6) is 11.5 Å². The van der Waals surface area contributed by atoms with Gasteiger partial charge in [-0.25, -0.2) is 5.43 Å². The molecule has 10 nitrogen and oxygen atoms in total. The second kappa shape index (κ2) is 13.4. The smallest absolute Gasteiger partial charge is 0.250 e. The van der Waals surface area contributed by atoms with Crippen LogP contribution in [0.2, 0.25) is 0 Å². The second-order valence-electron chi connectivity index (χ2n) is 9.05. The highest BCUT2D eigenvalue weighted by molar-refractivity contribution is 14.1. The Morgan fingerprint density at radius 3 is 2.50 bits per heavy atom. The molecule has 5 rings (SSSR count). The van der Waals surface area contributed by atoms with Crippen LogP contribution in [0, 0.1) is 10.5 Å². The number of benzene rings is 3. The number of aromatic nitrogens is 3. The number of morpholine rings is 1. The highest BCUT2D eigenvalue weighted by Gasteiger charge is 2.17. The summed E-state index contributed by atoms with van der Waals surface area (Å²) in [6.45, 7) is 5.17. The molecule has 0 unspecified atom stereocenters. The third kappa shape index (κ3) is 7.36. The number of anilines is 4. The predicted octanol–water partition coefficient (Wildman–Crippen LogP) is 5.40. The summed E-state index contributed by atoms with van der Waals surface area (Å²) < 4.78 is 18.1. The first-order valence-corrected chi connectivity index (χ1v) is 13.9. The van der Waals surface area contributed by atoms with Crippen LogP contribution in [0.15, 0.2) is 71.8 Å². The number of hydrazone groups is 1. The molecule has 206 valence electrons. The summed E-state index contributed by atoms with van der Waals surface area (Å²) in [5, 5.41) is 7.64. The Morgan fingerprint density at radius 2 is 1.75 bits per heavy atom. The van der Waals surface area contributed by atoms with Crippen LogP contribution in [0.1, 0.15) is 16.7 Å². The molecule has 0 atom stereocenters. The van der Waals surface area contributed by atoms with E-state index in [1.54, 1.807) is 13.3 Å². The Hall–Kier alpha value is -3.97. The Balaban J connectivity index is 1.32. The van der Waals surface area contributed by atoms with Gasteiger partial charge in [-0.1, -0.05) is 48.0 Å². The van der Waals surface area contributed by atoms with Crippen molar-refractivity contribution in [2.45, 2.75) is 13.5 Å². The number of para-hydroxylation sites is 1. The number of halogens is 1. The van der Waals surface area contributed by atoms with Gasteiger partial charge in [-0.05, 0) is 64.9 Å². The van der Waals surface area contributed by atoms with Crippen LogP contribution >= 0.6 is 22.6 Å². The molecular weight excluding hydrogens is 621 g/mol. The molecule has 0 spiro atoms. The minimum absolute atomic E-state index is 0.325. The summed E-state index contributed by atoms with van der Waals surface area (Å²) in [4.78, 5) is 15.8. The summed E-state index contributed by atoms with van der Waals surface area (Å²) in [6, 6.07) is 21.9. The van der Waals surface area contributed by atoms with Crippen molar-refractivity contribution < 1.29 is 14.2 Å². The van der Waals surface area contributed by atoms with E-state index in [-0.39, 0.29) is 0 Å². The minimum atomic E-state index is 0.325. The van der Waals surface area contributed by atoms with Gasteiger partial charge in [0.05, 0.1) is 30.1 Å². The van der Waals surface area contributed by atoms with Crippen LogP contribution in [-0.2, 0) is 11.3 Å². The van der Waals surface area contributed by atoms with E-state index in [0.29, 0.717) is 62.3 Å². The maximum absolute atomic E-state index is 6.11. The molecule has 3 aromatic carbocycles. The molecule has 11 heteroatoms. The van der Waals surface area contributed by atoms with Crippen molar-refractivity contribution in [2.24, 2.45) is 5.10 Å². The molecule has 0 bridgehead atoms. The molecule has 2 N–H and O–H groups in total. The van der Waals surface area contributed by atoms with Gasteiger partial charge in [0.15, 0.2) is 11.5 Å². The molecule has 1 aliphatic rings. The number of aryl methyl sites for hydroxylation is 1. The van der Waals surface area contributed by atoms with Crippen molar-refractivity contribution in [1.29, 1.82) is 0 Å². The molecule has 0 aliphatic carbocycles. The molecule has 1 aliphatic heterocycles. The first-order chi connectivity index (χ1) is 19.6. The van der Waals surface area contributed by atoms with Gasteiger partial charge < -0.3 is 24.4 Å².